The van der Waals surface area contributed by atoms with Crippen molar-refractivity contribution in [3.05, 3.63) is 235 Å². The molecule has 0 saturated heterocycles. The molecule has 2 heterocycles. The van der Waals surface area contributed by atoms with Crippen molar-refractivity contribution < 1.29 is 0 Å². The predicted molar refractivity (Wildman–Crippen MR) is 241 cm³/mol. The summed E-state index contributed by atoms with van der Waals surface area (Å²) < 4.78 is 0. The van der Waals surface area contributed by atoms with E-state index < -0.39 is 5.41 Å². The minimum absolute atomic E-state index is 0.626. The van der Waals surface area contributed by atoms with Gasteiger partial charge in [0.25, 0.3) is 0 Å². The fraction of sp³-hybridized carbons (Fsp3) is 0.0179. The Hall–Kier alpha value is -7.75. The number of benzene rings is 8. The number of fused-ring (bicyclic) bond motifs is 14. The lowest BCUT2D eigenvalue weighted by Crippen LogP contribution is -2.29. The first-order chi connectivity index (χ1) is 29.3. The smallest absolute Gasteiger partial charge is 0.160 e. The number of hydrogen-bond acceptors (Lipinski definition) is 3. The zero-order chi connectivity index (χ0) is 38.9. The summed E-state index contributed by atoms with van der Waals surface area (Å²) in [5, 5.41) is 2.51. The summed E-state index contributed by atoms with van der Waals surface area (Å²) >= 11 is 0. The Bertz CT molecular complexity index is 3260. The molecule has 0 saturated carbocycles. The van der Waals surface area contributed by atoms with Crippen molar-refractivity contribution >= 4 is 10.8 Å². The van der Waals surface area contributed by atoms with Crippen LogP contribution >= 0.6 is 0 Å². The van der Waals surface area contributed by atoms with E-state index in [1.54, 1.807) is 6.20 Å². The normalized spacial score (nSPS) is 14.5. The summed E-state index contributed by atoms with van der Waals surface area (Å²) in [4.78, 5) is 15.1. The monoisotopic (exact) mass is 749 g/mol. The molecule has 0 amide bonds. The van der Waals surface area contributed by atoms with Crippen molar-refractivity contribution in [1.29, 1.82) is 0 Å². The van der Waals surface area contributed by atoms with Gasteiger partial charge in [-0.25, -0.2) is 9.97 Å². The number of pyridine rings is 1. The Morgan fingerprint density at radius 1 is 0.339 bits per heavy atom. The molecule has 1 spiro atoms. The van der Waals surface area contributed by atoms with Crippen molar-refractivity contribution in [3.8, 4) is 78.4 Å². The van der Waals surface area contributed by atoms with E-state index in [2.05, 4.69) is 193 Å². The molecular weight excluding hydrogens is 715 g/mol. The van der Waals surface area contributed by atoms with Crippen molar-refractivity contribution in [2.75, 3.05) is 0 Å². The van der Waals surface area contributed by atoms with Crippen LogP contribution in [-0.2, 0) is 5.41 Å². The zero-order valence-electron chi connectivity index (χ0n) is 32.0. The molecular formula is C56H35N3. The molecule has 3 heteroatoms. The lowest BCUT2D eigenvalue weighted by molar-refractivity contribution is 0.776. The molecule has 274 valence electrons. The highest BCUT2D eigenvalue weighted by molar-refractivity contribution is 6.06. The predicted octanol–water partition coefficient (Wildman–Crippen LogP) is 13.7. The third-order valence-corrected chi connectivity index (χ3v) is 12.4. The molecule has 2 aromatic heterocycles. The third kappa shape index (κ3) is 5.05. The number of aromatic nitrogens is 3. The highest BCUT2D eigenvalue weighted by Gasteiger charge is 2.50. The van der Waals surface area contributed by atoms with Gasteiger partial charge in [0.05, 0.1) is 16.8 Å². The van der Waals surface area contributed by atoms with Gasteiger partial charge in [0.2, 0.25) is 0 Å². The first-order valence-corrected chi connectivity index (χ1v) is 20.2. The molecule has 1 unspecified atom stereocenters. The Labute approximate surface area is 343 Å². The van der Waals surface area contributed by atoms with Gasteiger partial charge in [-0.05, 0) is 95.7 Å². The fourth-order valence-corrected chi connectivity index (χ4v) is 9.85. The van der Waals surface area contributed by atoms with E-state index >= 15 is 0 Å². The van der Waals surface area contributed by atoms with Gasteiger partial charge < -0.3 is 0 Å². The summed E-state index contributed by atoms with van der Waals surface area (Å²) in [7, 11) is 0. The average molecular weight is 750 g/mol. The minimum atomic E-state index is -0.626. The second-order valence-corrected chi connectivity index (χ2v) is 15.5. The van der Waals surface area contributed by atoms with Crippen LogP contribution in [-0.4, -0.2) is 15.0 Å². The fourth-order valence-electron chi connectivity index (χ4n) is 9.85. The SMILES string of the molecule is c1ccc(-c2cc(-c3ccc(-c4cccnc4)cc3)nc(-c3ccc4c(c3)C3(c5ccccc5-c5ccccc5-4)c4ccccc4-c4c3ccc3ccccc43)n2)cc1. The summed E-state index contributed by atoms with van der Waals surface area (Å²) in [5.41, 5.74) is 18.9. The van der Waals surface area contributed by atoms with Gasteiger partial charge in [-0.3, -0.25) is 4.98 Å². The summed E-state index contributed by atoms with van der Waals surface area (Å²) in [6.07, 6.45) is 3.70. The van der Waals surface area contributed by atoms with E-state index in [0.717, 1.165) is 39.2 Å². The number of nitrogens with zero attached hydrogens (tertiary/aromatic N) is 3. The van der Waals surface area contributed by atoms with E-state index in [1.807, 2.05) is 18.3 Å². The lowest BCUT2D eigenvalue weighted by atomic mass is 9.65. The Kier molecular flexibility index (Phi) is 7.45. The molecule has 0 aliphatic heterocycles. The summed E-state index contributed by atoms with van der Waals surface area (Å²) in [5.74, 6) is 0.687. The van der Waals surface area contributed by atoms with Crippen molar-refractivity contribution in [1.82, 2.24) is 15.0 Å². The molecule has 1 atom stereocenters. The molecule has 10 aromatic rings. The highest BCUT2D eigenvalue weighted by Crippen LogP contribution is 2.62. The second-order valence-electron chi connectivity index (χ2n) is 15.5. The molecule has 0 radical (unpaired) electrons. The Morgan fingerprint density at radius 2 is 0.915 bits per heavy atom. The summed E-state index contributed by atoms with van der Waals surface area (Å²) in [6, 6.07) is 72.7. The molecule has 3 nitrogen and oxygen atoms in total. The minimum Gasteiger partial charge on any atom is -0.264 e. The van der Waals surface area contributed by atoms with E-state index in [1.165, 1.54) is 66.4 Å². The van der Waals surface area contributed by atoms with Crippen LogP contribution in [0, 0.1) is 0 Å². The topological polar surface area (TPSA) is 38.7 Å². The molecule has 59 heavy (non-hydrogen) atoms. The van der Waals surface area contributed by atoms with Crippen molar-refractivity contribution in [3.63, 3.8) is 0 Å². The maximum Gasteiger partial charge on any atom is 0.160 e. The number of rotatable bonds is 4. The van der Waals surface area contributed by atoms with E-state index in [0.29, 0.717) is 5.82 Å². The first-order valence-electron chi connectivity index (χ1n) is 20.2. The van der Waals surface area contributed by atoms with Crippen LogP contribution < -0.4 is 0 Å². The largest absolute Gasteiger partial charge is 0.264 e. The third-order valence-electron chi connectivity index (χ3n) is 12.4. The van der Waals surface area contributed by atoms with Crippen LogP contribution in [0.4, 0.5) is 0 Å². The van der Waals surface area contributed by atoms with Crippen LogP contribution in [0.5, 0.6) is 0 Å². The van der Waals surface area contributed by atoms with Crippen molar-refractivity contribution in [2.45, 2.75) is 5.41 Å². The maximum atomic E-state index is 5.38. The van der Waals surface area contributed by atoms with Gasteiger partial charge in [0.1, 0.15) is 0 Å². The Morgan fingerprint density at radius 3 is 1.66 bits per heavy atom. The number of hydrogen-bond donors (Lipinski definition) is 0. The first kappa shape index (κ1) is 33.4. The van der Waals surface area contributed by atoms with Gasteiger partial charge in [0, 0.05) is 29.1 Å². The van der Waals surface area contributed by atoms with Gasteiger partial charge in [0.15, 0.2) is 5.82 Å². The van der Waals surface area contributed by atoms with Crippen LogP contribution in [0.15, 0.2) is 213 Å². The highest BCUT2D eigenvalue weighted by atomic mass is 14.9. The quantitative estimate of drug-likeness (QED) is 0.180. The van der Waals surface area contributed by atoms with Crippen LogP contribution in [0.2, 0.25) is 0 Å². The molecule has 2 aliphatic carbocycles. The van der Waals surface area contributed by atoms with Crippen molar-refractivity contribution in [2.24, 2.45) is 0 Å². The van der Waals surface area contributed by atoms with E-state index in [-0.39, 0.29) is 0 Å². The lowest BCUT2D eigenvalue weighted by Gasteiger charge is -2.35. The van der Waals surface area contributed by atoms with Crippen LogP contribution in [0.25, 0.3) is 89.2 Å². The Balaban J connectivity index is 1.15. The molecule has 8 aromatic carbocycles. The molecule has 0 N–H and O–H groups in total. The molecule has 0 bridgehead atoms. The molecule has 2 aliphatic rings. The van der Waals surface area contributed by atoms with Gasteiger partial charge in [-0.2, -0.15) is 0 Å². The van der Waals surface area contributed by atoms with Gasteiger partial charge in [-0.1, -0.05) is 182 Å². The second kappa shape index (κ2) is 13.2. The van der Waals surface area contributed by atoms with Gasteiger partial charge in [-0.15, -0.1) is 0 Å². The zero-order valence-corrected chi connectivity index (χ0v) is 32.0. The standard InChI is InChI=1S/C56H35N3/c1-2-14-38(15-3-1)52-34-53(39-26-24-36(25-27-39)41-16-12-32-57-35-41)59-55(58-52)40-28-30-46-44-19-7-6-18-43(44)45-20-8-10-22-48(45)56(51(46)33-40)49-23-11-9-21-47(49)54-42-17-5-4-13-37(42)29-31-50(54)56/h1-35H. The van der Waals surface area contributed by atoms with E-state index in [4.69, 9.17) is 9.97 Å². The molecule has 12 rings (SSSR count). The average Bonchev–Trinajstić information content (AvgIpc) is 3.57. The maximum absolute atomic E-state index is 5.38. The van der Waals surface area contributed by atoms with Gasteiger partial charge >= 0.3 is 0 Å². The molecule has 0 fully saturated rings. The summed E-state index contributed by atoms with van der Waals surface area (Å²) in [6.45, 7) is 0. The van der Waals surface area contributed by atoms with Crippen LogP contribution in [0.3, 0.4) is 0 Å². The van der Waals surface area contributed by atoms with Crippen LogP contribution in [0.1, 0.15) is 22.3 Å². The van der Waals surface area contributed by atoms with E-state index in [9.17, 15) is 0 Å².